The maximum absolute atomic E-state index is 12.6. The van der Waals surface area contributed by atoms with Crippen LogP contribution in [0.1, 0.15) is 36.8 Å². The molecule has 2 heterocycles. The molecular formula is C20H32N4O3S. The van der Waals surface area contributed by atoms with Crippen molar-refractivity contribution in [3.05, 3.63) is 35.4 Å². The zero-order valence-electron chi connectivity index (χ0n) is 16.9. The molecule has 0 aromatic heterocycles. The third-order valence-corrected chi connectivity index (χ3v) is 7.51. The topological polar surface area (TPSA) is 73.0 Å². The van der Waals surface area contributed by atoms with Gasteiger partial charge >= 0.3 is 0 Å². The van der Waals surface area contributed by atoms with Gasteiger partial charge in [-0.3, -0.25) is 9.69 Å². The van der Waals surface area contributed by atoms with Crippen LogP contribution in [0.5, 0.6) is 0 Å². The maximum atomic E-state index is 12.6. The summed E-state index contributed by atoms with van der Waals surface area (Å²) in [5, 5.41) is 3.00. The standard InChI is InChI=1S/C20H32N4O3S/c1-22(2)28(26,27)24-12-6-9-19(16-24)20(25)21-14-17-7-5-8-18(13-17)15-23-10-3-4-11-23/h5,7-8,13,19H,3-4,6,9-12,14-16H2,1-2H3,(H,21,25). The van der Waals surface area contributed by atoms with Gasteiger partial charge in [0.25, 0.3) is 10.2 Å². The molecule has 1 N–H and O–H groups in total. The zero-order chi connectivity index (χ0) is 20.1. The van der Waals surface area contributed by atoms with Crippen molar-refractivity contribution in [2.24, 2.45) is 5.92 Å². The number of amides is 1. The SMILES string of the molecule is CN(C)S(=O)(=O)N1CCCC(C(=O)NCc2cccc(CN3CCCC3)c2)C1. The molecule has 0 saturated carbocycles. The molecule has 3 rings (SSSR count). The molecule has 2 saturated heterocycles. The Morgan fingerprint density at radius 2 is 1.86 bits per heavy atom. The van der Waals surface area contributed by atoms with Crippen molar-refractivity contribution in [2.45, 2.75) is 38.8 Å². The van der Waals surface area contributed by atoms with Gasteiger partial charge in [-0.15, -0.1) is 0 Å². The number of benzene rings is 1. The first-order chi connectivity index (χ1) is 13.4. The number of carbonyl (C=O) groups excluding carboxylic acids is 1. The van der Waals surface area contributed by atoms with Gasteiger partial charge in [0, 0.05) is 40.3 Å². The van der Waals surface area contributed by atoms with Gasteiger partial charge in [0.15, 0.2) is 0 Å². The molecule has 2 aliphatic heterocycles. The molecule has 28 heavy (non-hydrogen) atoms. The average molecular weight is 409 g/mol. The summed E-state index contributed by atoms with van der Waals surface area (Å²) < 4.78 is 27.3. The molecular weight excluding hydrogens is 376 g/mol. The van der Waals surface area contributed by atoms with E-state index >= 15 is 0 Å². The Kier molecular flexibility index (Phi) is 7.09. The number of piperidine rings is 1. The molecule has 8 heteroatoms. The van der Waals surface area contributed by atoms with E-state index in [1.165, 1.54) is 41.1 Å². The molecule has 1 amide bonds. The second kappa shape index (κ2) is 9.35. The summed E-state index contributed by atoms with van der Waals surface area (Å²) in [6.07, 6.45) is 3.98. The summed E-state index contributed by atoms with van der Waals surface area (Å²) in [5.74, 6) is -0.361. The molecule has 7 nitrogen and oxygen atoms in total. The van der Waals surface area contributed by atoms with Gasteiger partial charge in [-0.05, 0) is 49.9 Å². The number of likely N-dealkylation sites (tertiary alicyclic amines) is 1. The van der Waals surface area contributed by atoms with E-state index in [9.17, 15) is 13.2 Å². The second-order valence-corrected chi connectivity index (χ2v) is 10.2. The van der Waals surface area contributed by atoms with E-state index in [1.54, 1.807) is 0 Å². The van der Waals surface area contributed by atoms with Crippen molar-refractivity contribution >= 4 is 16.1 Å². The van der Waals surface area contributed by atoms with Crippen LogP contribution in [0.15, 0.2) is 24.3 Å². The third kappa shape index (κ3) is 5.31. The van der Waals surface area contributed by atoms with Crippen LogP contribution in [0.3, 0.4) is 0 Å². The van der Waals surface area contributed by atoms with Gasteiger partial charge in [0.05, 0.1) is 5.92 Å². The first kappa shape index (κ1) is 21.2. The molecule has 2 fully saturated rings. The maximum Gasteiger partial charge on any atom is 0.281 e. The smallest absolute Gasteiger partial charge is 0.281 e. The fourth-order valence-corrected chi connectivity index (χ4v) is 5.16. The van der Waals surface area contributed by atoms with Crippen LogP contribution >= 0.6 is 0 Å². The Morgan fingerprint density at radius 3 is 2.57 bits per heavy atom. The van der Waals surface area contributed by atoms with Gasteiger partial charge in [-0.25, -0.2) is 0 Å². The molecule has 0 spiro atoms. The van der Waals surface area contributed by atoms with Crippen molar-refractivity contribution in [1.29, 1.82) is 0 Å². The van der Waals surface area contributed by atoms with Crippen molar-refractivity contribution in [3.8, 4) is 0 Å². The highest BCUT2D eigenvalue weighted by molar-refractivity contribution is 7.86. The molecule has 156 valence electrons. The summed E-state index contributed by atoms with van der Waals surface area (Å²) in [5.41, 5.74) is 2.35. The Morgan fingerprint density at radius 1 is 1.14 bits per heavy atom. The molecule has 0 radical (unpaired) electrons. The number of hydrogen-bond acceptors (Lipinski definition) is 4. The Bertz CT molecular complexity index is 775. The van der Waals surface area contributed by atoms with E-state index < -0.39 is 10.2 Å². The predicted octanol–water partition coefficient (Wildman–Crippen LogP) is 1.42. The van der Waals surface area contributed by atoms with E-state index in [0.717, 1.165) is 31.6 Å². The highest BCUT2D eigenvalue weighted by Crippen LogP contribution is 2.21. The quantitative estimate of drug-likeness (QED) is 0.741. The molecule has 0 aliphatic carbocycles. The highest BCUT2D eigenvalue weighted by atomic mass is 32.2. The lowest BCUT2D eigenvalue weighted by molar-refractivity contribution is -0.126. The number of rotatable bonds is 7. The highest BCUT2D eigenvalue weighted by Gasteiger charge is 2.33. The van der Waals surface area contributed by atoms with Crippen molar-refractivity contribution in [3.63, 3.8) is 0 Å². The van der Waals surface area contributed by atoms with Crippen LogP contribution in [0.25, 0.3) is 0 Å². The predicted molar refractivity (Wildman–Crippen MR) is 110 cm³/mol. The minimum Gasteiger partial charge on any atom is -0.352 e. The van der Waals surface area contributed by atoms with Gasteiger partial charge < -0.3 is 5.32 Å². The molecule has 0 bridgehead atoms. The number of nitrogens with one attached hydrogen (secondary N) is 1. The van der Waals surface area contributed by atoms with Crippen LogP contribution in [-0.2, 0) is 28.1 Å². The van der Waals surface area contributed by atoms with Crippen LogP contribution < -0.4 is 5.32 Å². The summed E-state index contributed by atoms with van der Waals surface area (Å²) in [4.78, 5) is 15.1. The lowest BCUT2D eigenvalue weighted by atomic mass is 9.98. The third-order valence-electron chi connectivity index (χ3n) is 5.61. The average Bonchev–Trinajstić information content (AvgIpc) is 3.19. The van der Waals surface area contributed by atoms with Crippen molar-refractivity contribution in [1.82, 2.24) is 18.8 Å². The fourth-order valence-electron chi connectivity index (χ4n) is 3.97. The van der Waals surface area contributed by atoms with Crippen LogP contribution in [0.4, 0.5) is 0 Å². The van der Waals surface area contributed by atoms with Gasteiger partial charge in [-0.1, -0.05) is 24.3 Å². The Labute approximate surface area is 168 Å². The molecule has 1 unspecified atom stereocenters. The van der Waals surface area contributed by atoms with Crippen LogP contribution in [0, 0.1) is 5.92 Å². The van der Waals surface area contributed by atoms with Gasteiger partial charge in [0.1, 0.15) is 0 Å². The lowest BCUT2D eigenvalue weighted by Crippen LogP contribution is -2.48. The van der Waals surface area contributed by atoms with Gasteiger partial charge in [-0.2, -0.15) is 17.0 Å². The first-order valence-corrected chi connectivity index (χ1v) is 11.5. The Balaban J connectivity index is 1.53. The second-order valence-electron chi connectivity index (χ2n) is 8.01. The molecule has 1 aromatic rings. The van der Waals surface area contributed by atoms with Crippen molar-refractivity contribution < 1.29 is 13.2 Å². The molecule has 1 aromatic carbocycles. The van der Waals surface area contributed by atoms with E-state index in [4.69, 9.17) is 0 Å². The summed E-state index contributed by atoms with van der Waals surface area (Å²) in [6.45, 7) is 4.49. The normalized spacial score (nSPS) is 21.9. The fraction of sp³-hybridized carbons (Fsp3) is 0.650. The number of hydrogen-bond donors (Lipinski definition) is 1. The Hall–Kier alpha value is -1.48. The van der Waals surface area contributed by atoms with E-state index in [-0.39, 0.29) is 18.4 Å². The van der Waals surface area contributed by atoms with Gasteiger partial charge in [0.2, 0.25) is 5.91 Å². The summed E-state index contributed by atoms with van der Waals surface area (Å²) in [6, 6.07) is 8.35. The number of nitrogens with zero attached hydrogens (tertiary/aromatic N) is 3. The summed E-state index contributed by atoms with van der Waals surface area (Å²) in [7, 11) is -0.425. The van der Waals surface area contributed by atoms with Crippen LogP contribution in [0.2, 0.25) is 0 Å². The summed E-state index contributed by atoms with van der Waals surface area (Å²) >= 11 is 0. The first-order valence-electron chi connectivity index (χ1n) is 10.1. The van der Waals surface area contributed by atoms with E-state index in [0.29, 0.717) is 19.5 Å². The number of carbonyl (C=O) groups is 1. The minimum absolute atomic E-state index is 0.0661. The van der Waals surface area contributed by atoms with Crippen LogP contribution in [-0.4, -0.2) is 68.1 Å². The monoisotopic (exact) mass is 408 g/mol. The van der Waals surface area contributed by atoms with E-state index in [1.807, 2.05) is 12.1 Å². The lowest BCUT2D eigenvalue weighted by Gasteiger charge is -2.32. The van der Waals surface area contributed by atoms with Crippen molar-refractivity contribution in [2.75, 3.05) is 40.3 Å². The minimum atomic E-state index is -3.47. The molecule has 1 atom stereocenters. The molecule has 2 aliphatic rings. The zero-order valence-corrected chi connectivity index (χ0v) is 17.7. The van der Waals surface area contributed by atoms with E-state index in [2.05, 4.69) is 22.3 Å². The largest absolute Gasteiger partial charge is 0.352 e.